The first-order valence-electron chi connectivity index (χ1n) is 8.89. The van der Waals surface area contributed by atoms with E-state index < -0.39 is 4.92 Å². The fourth-order valence-electron chi connectivity index (χ4n) is 3.10. The normalized spacial score (nSPS) is 10.7. The monoisotopic (exact) mass is 366 g/mol. The third kappa shape index (κ3) is 4.16. The molecule has 3 aromatic rings. The van der Waals surface area contributed by atoms with Crippen LogP contribution in [-0.4, -0.2) is 23.6 Å². The number of ether oxygens (including phenoxy) is 2. The molecule has 140 valence electrons. The Balaban J connectivity index is 1.79. The molecule has 6 nitrogen and oxygen atoms in total. The maximum absolute atomic E-state index is 11.4. The van der Waals surface area contributed by atoms with Crippen molar-refractivity contribution in [3.05, 3.63) is 69.9 Å². The molecule has 0 aliphatic heterocycles. The van der Waals surface area contributed by atoms with E-state index in [1.807, 2.05) is 31.2 Å². The number of pyridine rings is 1. The number of hydrogen-bond donors (Lipinski definition) is 0. The van der Waals surface area contributed by atoms with Crippen molar-refractivity contribution in [3.8, 4) is 11.5 Å². The highest BCUT2D eigenvalue weighted by Gasteiger charge is 2.23. The molecule has 0 saturated heterocycles. The molecule has 0 radical (unpaired) electrons. The Kier molecular flexibility index (Phi) is 5.86. The van der Waals surface area contributed by atoms with E-state index in [4.69, 9.17) is 9.47 Å². The number of hydrogen-bond acceptors (Lipinski definition) is 5. The number of aromatic nitrogens is 1. The first kappa shape index (κ1) is 18.6. The summed E-state index contributed by atoms with van der Waals surface area (Å²) >= 11 is 0. The van der Waals surface area contributed by atoms with Crippen molar-refractivity contribution in [2.45, 2.75) is 26.2 Å². The Bertz CT molecular complexity index is 942. The van der Waals surface area contributed by atoms with Crippen molar-refractivity contribution in [2.75, 3.05) is 13.7 Å². The second kappa shape index (κ2) is 8.49. The Morgan fingerprint density at radius 2 is 1.93 bits per heavy atom. The van der Waals surface area contributed by atoms with Gasteiger partial charge >= 0.3 is 0 Å². The van der Waals surface area contributed by atoms with Crippen molar-refractivity contribution >= 4 is 16.6 Å². The molecule has 0 unspecified atom stereocenters. The number of nitro benzene ring substituents is 1. The highest BCUT2D eigenvalue weighted by molar-refractivity contribution is 5.96. The van der Waals surface area contributed by atoms with Gasteiger partial charge in [-0.1, -0.05) is 30.3 Å². The van der Waals surface area contributed by atoms with E-state index in [1.54, 1.807) is 6.20 Å². The molecular formula is C21H22N2O4. The van der Waals surface area contributed by atoms with E-state index in [-0.39, 0.29) is 5.69 Å². The summed E-state index contributed by atoms with van der Waals surface area (Å²) in [6.45, 7) is 2.39. The third-order valence-corrected chi connectivity index (χ3v) is 4.49. The van der Waals surface area contributed by atoms with Crippen molar-refractivity contribution < 1.29 is 14.4 Å². The summed E-state index contributed by atoms with van der Waals surface area (Å²) in [4.78, 5) is 15.2. The molecule has 0 fully saturated rings. The summed E-state index contributed by atoms with van der Waals surface area (Å²) in [6, 6.07) is 13.5. The van der Waals surface area contributed by atoms with Gasteiger partial charge in [-0.15, -0.1) is 0 Å². The molecule has 1 aromatic heterocycles. The molecule has 3 rings (SSSR count). The van der Waals surface area contributed by atoms with E-state index in [1.165, 1.54) is 18.7 Å². The fourth-order valence-corrected chi connectivity index (χ4v) is 3.10. The van der Waals surface area contributed by atoms with Crippen LogP contribution in [0.15, 0.2) is 48.7 Å². The van der Waals surface area contributed by atoms with E-state index in [9.17, 15) is 10.1 Å². The Morgan fingerprint density at radius 3 is 2.63 bits per heavy atom. The van der Waals surface area contributed by atoms with Crippen LogP contribution >= 0.6 is 0 Å². The average Bonchev–Trinajstić information content (AvgIpc) is 2.68. The van der Waals surface area contributed by atoms with Gasteiger partial charge in [0.2, 0.25) is 0 Å². The Hall–Kier alpha value is -3.15. The van der Waals surface area contributed by atoms with Crippen LogP contribution in [0.25, 0.3) is 10.9 Å². The topological polar surface area (TPSA) is 74.5 Å². The van der Waals surface area contributed by atoms with Gasteiger partial charge in [0.1, 0.15) is 0 Å². The summed E-state index contributed by atoms with van der Waals surface area (Å²) in [6.07, 6.45) is 4.42. The van der Waals surface area contributed by atoms with E-state index in [0.717, 1.165) is 24.8 Å². The number of aryl methyl sites for hydroxylation is 2. The number of rotatable bonds is 8. The molecule has 0 atom stereocenters. The molecule has 6 heteroatoms. The van der Waals surface area contributed by atoms with Crippen LogP contribution in [0.2, 0.25) is 0 Å². The molecule has 0 aliphatic rings. The van der Waals surface area contributed by atoms with Gasteiger partial charge < -0.3 is 9.47 Å². The summed E-state index contributed by atoms with van der Waals surface area (Å²) in [5.41, 5.74) is 2.40. The van der Waals surface area contributed by atoms with E-state index >= 15 is 0 Å². The van der Waals surface area contributed by atoms with Crippen molar-refractivity contribution in [3.63, 3.8) is 0 Å². The fraction of sp³-hybridized carbons (Fsp3) is 0.286. The second-order valence-corrected chi connectivity index (χ2v) is 6.33. The third-order valence-electron chi connectivity index (χ3n) is 4.49. The highest BCUT2D eigenvalue weighted by Crippen LogP contribution is 2.41. The standard InChI is InChI=1S/C21H22N2O4/c1-15-11-12-22-20-17(23(24)25)14-18(26-2)21(19(15)20)27-13-7-6-10-16-8-4-3-5-9-16/h3-5,8-9,11-12,14H,6-7,10,13H2,1-2H3. The van der Waals surface area contributed by atoms with Crippen LogP contribution in [0.5, 0.6) is 11.5 Å². The Labute approximate surface area is 157 Å². The van der Waals surface area contributed by atoms with Gasteiger partial charge in [0, 0.05) is 6.20 Å². The highest BCUT2D eigenvalue weighted by atomic mass is 16.6. The lowest BCUT2D eigenvalue weighted by atomic mass is 10.1. The number of nitro groups is 1. The van der Waals surface area contributed by atoms with Gasteiger partial charge in [-0.2, -0.15) is 0 Å². The molecule has 1 heterocycles. The zero-order chi connectivity index (χ0) is 19.2. The lowest BCUT2D eigenvalue weighted by Crippen LogP contribution is -2.03. The van der Waals surface area contributed by atoms with Crippen LogP contribution in [0.1, 0.15) is 24.0 Å². The number of methoxy groups -OCH3 is 1. The lowest BCUT2D eigenvalue weighted by molar-refractivity contribution is -0.383. The van der Waals surface area contributed by atoms with Crippen molar-refractivity contribution in [1.29, 1.82) is 0 Å². The second-order valence-electron chi connectivity index (χ2n) is 6.33. The van der Waals surface area contributed by atoms with E-state index in [2.05, 4.69) is 17.1 Å². The average molecular weight is 366 g/mol. The summed E-state index contributed by atoms with van der Waals surface area (Å²) in [5.74, 6) is 0.872. The van der Waals surface area contributed by atoms with Crippen LogP contribution in [0.3, 0.4) is 0 Å². The summed E-state index contributed by atoms with van der Waals surface area (Å²) in [5, 5.41) is 12.0. The van der Waals surface area contributed by atoms with Gasteiger partial charge in [-0.05, 0) is 43.4 Å². The minimum atomic E-state index is -0.444. The molecule has 0 spiro atoms. The molecule has 0 amide bonds. The van der Waals surface area contributed by atoms with Gasteiger partial charge in [0.05, 0.1) is 30.1 Å². The molecule has 2 aromatic carbocycles. The largest absolute Gasteiger partial charge is 0.493 e. The minimum Gasteiger partial charge on any atom is -0.493 e. The summed E-state index contributed by atoms with van der Waals surface area (Å²) in [7, 11) is 1.48. The maximum Gasteiger partial charge on any atom is 0.299 e. The molecule has 0 aliphatic carbocycles. The van der Waals surface area contributed by atoms with Crippen LogP contribution < -0.4 is 9.47 Å². The predicted octanol–water partition coefficient (Wildman–Crippen LogP) is 4.86. The molecular weight excluding hydrogens is 344 g/mol. The number of benzene rings is 2. The van der Waals surface area contributed by atoms with Crippen LogP contribution in [-0.2, 0) is 6.42 Å². The predicted molar refractivity (Wildman–Crippen MR) is 105 cm³/mol. The zero-order valence-corrected chi connectivity index (χ0v) is 15.5. The van der Waals surface area contributed by atoms with Crippen molar-refractivity contribution in [2.24, 2.45) is 0 Å². The van der Waals surface area contributed by atoms with Crippen LogP contribution in [0.4, 0.5) is 5.69 Å². The minimum absolute atomic E-state index is 0.0815. The molecule has 27 heavy (non-hydrogen) atoms. The molecule has 0 bridgehead atoms. The van der Waals surface area contributed by atoms with E-state index in [0.29, 0.717) is 29.0 Å². The number of unbranched alkanes of at least 4 members (excludes halogenated alkanes) is 1. The van der Waals surface area contributed by atoms with Crippen molar-refractivity contribution in [1.82, 2.24) is 4.98 Å². The first-order chi connectivity index (χ1) is 13.1. The summed E-state index contributed by atoms with van der Waals surface area (Å²) < 4.78 is 11.4. The van der Waals surface area contributed by atoms with Gasteiger partial charge in [-0.25, -0.2) is 4.98 Å². The SMILES string of the molecule is COc1cc([N+](=O)[O-])c2nccc(C)c2c1OCCCCc1ccccc1. The zero-order valence-electron chi connectivity index (χ0n) is 15.5. The smallest absolute Gasteiger partial charge is 0.299 e. The molecule has 0 saturated carbocycles. The maximum atomic E-state index is 11.4. The number of non-ortho nitro benzene ring substituents is 1. The quantitative estimate of drug-likeness (QED) is 0.323. The van der Waals surface area contributed by atoms with Crippen LogP contribution in [0, 0.1) is 17.0 Å². The van der Waals surface area contributed by atoms with Gasteiger partial charge in [-0.3, -0.25) is 10.1 Å². The van der Waals surface area contributed by atoms with Gasteiger partial charge in [0.15, 0.2) is 17.0 Å². The van der Waals surface area contributed by atoms with Gasteiger partial charge in [0.25, 0.3) is 5.69 Å². The Morgan fingerprint density at radius 1 is 1.15 bits per heavy atom. The lowest BCUT2D eigenvalue weighted by Gasteiger charge is -2.15. The molecule has 0 N–H and O–H groups in total. The number of nitrogens with zero attached hydrogens (tertiary/aromatic N) is 2. The number of fused-ring (bicyclic) bond motifs is 1. The first-order valence-corrected chi connectivity index (χ1v) is 8.89.